The normalized spacial score (nSPS) is 18.3. The number of amidine groups is 1. The van der Waals surface area contributed by atoms with E-state index in [-0.39, 0.29) is 22.5 Å². The summed E-state index contributed by atoms with van der Waals surface area (Å²) in [5.41, 5.74) is -0.373. The zero-order valence-corrected chi connectivity index (χ0v) is 8.28. The number of aliphatic imine (C=N–C) groups is 1. The fourth-order valence-corrected chi connectivity index (χ4v) is 1.76. The third kappa shape index (κ3) is 2.15. The summed E-state index contributed by atoms with van der Waals surface area (Å²) in [6, 6.07) is 3.49. The second-order valence-electron chi connectivity index (χ2n) is 2.82. The third-order valence-corrected chi connectivity index (χ3v) is 2.61. The smallest absolute Gasteiger partial charge is 0.236 e. The summed E-state index contributed by atoms with van der Waals surface area (Å²) in [6.07, 6.45) is 0. The van der Waals surface area contributed by atoms with Gasteiger partial charge in [0.2, 0.25) is 5.91 Å². The number of carbonyl (C=O) groups excluding carboxylic acids is 1. The quantitative estimate of drug-likeness (QED) is 0.796. The van der Waals surface area contributed by atoms with Crippen molar-refractivity contribution in [2.24, 2.45) is 4.99 Å². The van der Waals surface area contributed by atoms with Crippen molar-refractivity contribution in [3.05, 3.63) is 29.8 Å². The van der Waals surface area contributed by atoms with Crippen molar-refractivity contribution in [3.8, 4) is 0 Å². The van der Waals surface area contributed by atoms with Crippen LogP contribution in [-0.4, -0.2) is 16.8 Å². The first-order chi connectivity index (χ1) is 7.16. The van der Waals surface area contributed by atoms with Crippen LogP contribution in [0.25, 0.3) is 0 Å². The Morgan fingerprint density at radius 1 is 1.33 bits per heavy atom. The molecule has 78 valence electrons. The minimum Gasteiger partial charge on any atom is -0.304 e. The molecule has 0 radical (unpaired) electrons. The van der Waals surface area contributed by atoms with Crippen LogP contribution in [0.3, 0.4) is 0 Å². The Morgan fingerprint density at radius 3 is 2.53 bits per heavy atom. The van der Waals surface area contributed by atoms with Gasteiger partial charge in [-0.1, -0.05) is 17.8 Å². The summed E-state index contributed by atoms with van der Waals surface area (Å²) in [5, 5.41) is 2.62. The fraction of sp³-hybridized carbons (Fsp3) is 0.111. The van der Waals surface area contributed by atoms with E-state index in [2.05, 4.69) is 10.3 Å². The monoisotopic (exact) mass is 228 g/mol. The maximum Gasteiger partial charge on any atom is 0.236 e. The Hall–Kier alpha value is -1.43. The second-order valence-corrected chi connectivity index (χ2v) is 3.79. The van der Waals surface area contributed by atoms with Gasteiger partial charge in [-0.05, 0) is 12.1 Å². The molecular weight excluding hydrogens is 222 g/mol. The molecule has 1 heterocycles. The Kier molecular flexibility index (Phi) is 2.68. The van der Waals surface area contributed by atoms with E-state index in [1.807, 2.05) is 0 Å². The van der Waals surface area contributed by atoms with Crippen LogP contribution in [0.1, 0.15) is 0 Å². The SMILES string of the molecule is O=C1CSC(=Nc2c(F)cccc2F)N1. The number of hydrogen-bond acceptors (Lipinski definition) is 3. The topological polar surface area (TPSA) is 41.5 Å². The molecule has 6 heteroatoms. The molecule has 1 saturated heterocycles. The molecule has 0 saturated carbocycles. The largest absolute Gasteiger partial charge is 0.304 e. The van der Waals surface area contributed by atoms with Gasteiger partial charge in [-0.2, -0.15) is 0 Å². The summed E-state index contributed by atoms with van der Waals surface area (Å²) in [4.78, 5) is 14.5. The predicted octanol–water partition coefficient (Wildman–Crippen LogP) is 1.82. The first kappa shape index (κ1) is 10.1. The van der Waals surface area contributed by atoms with Crippen LogP contribution >= 0.6 is 11.8 Å². The predicted molar refractivity (Wildman–Crippen MR) is 54.1 cm³/mol. The minimum absolute atomic E-state index is 0.213. The number of para-hydroxylation sites is 1. The van der Waals surface area contributed by atoms with Crippen LogP contribution in [-0.2, 0) is 4.79 Å². The number of carbonyl (C=O) groups is 1. The standard InChI is InChI=1S/C9H6F2N2OS/c10-5-2-1-3-6(11)8(5)13-9-12-7(14)4-15-9/h1-3H,4H2,(H,12,13,14). The molecule has 1 aliphatic rings. The van der Waals surface area contributed by atoms with Gasteiger partial charge in [-0.15, -0.1) is 0 Å². The van der Waals surface area contributed by atoms with Crippen LogP contribution in [0.5, 0.6) is 0 Å². The Bertz CT molecular complexity index is 427. The molecule has 1 aromatic carbocycles. The van der Waals surface area contributed by atoms with Crippen molar-refractivity contribution in [2.75, 3.05) is 5.75 Å². The Labute approximate surface area is 88.6 Å². The number of rotatable bonds is 1. The fourth-order valence-electron chi connectivity index (χ4n) is 1.08. The van der Waals surface area contributed by atoms with Crippen molar-refractivity contribution >= 4 is 28.5 Å². The molecule has 3 nitrogen and oxygen atoms in total. The van der Waals surface area contributed by atoms with Gasteiger partial charge in [-0.25, -0.2) is 13.8 Å². The maximum absolute atomic E-state index is 13.1. The summed E-state index contributed by atoms with van der Waals surface area (Å²) in [5.74, 6) is -1.47. The highest BCUT2D eigenvalue weighted by Gasteiger charge is 2.18. The van der Waals surface area contributed by atoms with E-state index in [1.165, 1.54) is 6.07 Å². The zero-order chi connectivity index (χ0) is 10.8. The molecule has 0 spiro atoms. The molecule has 0 unspecified atom stereocenters. The van der Waals surface area contributed by atoms with Gasteiger partial charge in [0.05, 0.1) is 5.75 Å². The molecule has 1 amide bonds. The minimum atomic E-state index is -0.746. The van der Waals surface area contributed by atoms with Gasteiger partial charge in [-0.3, -0.25) is 4.79 Å². The zero-order valence-electron chi connectivity index (χ0n) is 7.46. The van der Waals surface area contributed by atoms with Crippen LogP contribution in [0, 0.1) is 11.6 Å². The molecule has 0 atom stereocenters. The maximum atomic E-state index is 13.1. The lowest BCUT2D eigenvalue weighted by Gasteiger charge is -1.99. The van der Waals surface area contributed by atoms with Crippen molar-refractivity contribution in [3.63, 3.8) is 0 Å². The number of nitrogens with zero attached hydrogens (tertiary/aromatic N) is 1. The Balaban J connectivity index is 2.35. The van der Waals surface area contributed by atoms with Crippen molar-refractivity contribution in [2.45, 2.75) is 0 Å². The molecule has 0 aliphatic carbocycles. The number of nitrogens with one attached hydrogen (secondary N) is 1. The number of halogens is 2. The number of hydrogen-bond donors (Lipinski definition) is 1. The first-order valence-corrected chi connectivity index (χ1v) is 5.11. The van der Waals surface area contributed by atoms with Gasteiger partial charge < -0.3 is 5.32 Å². The second kappa shape index (κ2) is 3.98. The highest BCUT2D eigenvalue weighted by atomic mass is 32.2. The van der Waals surface area contributed by atoms with Crippen LogP contribution < -0.4 is 5.32 Å². The average Bonchev–Trinajstić information content (AvgIpc) is 2.58. The molecule has 1 N–H and O–H groups in total. The Morgan fingerprint density at radius 2 is 2.00 bits per heavy atom. The van der Waals surface area contributed by atoms with Crippen LogP contribution in [0.4, 0.5) is 14.5 Å². The molecule has 0 bridgehead atoms. The number of benzene rings is 1. The molecule has 0 aromatic heterocycles. The molecule has 1 aliphatic heterocycles. The van der Waals surface area contributed by atoms with Crippen molar-refractivity contribution in [1.29, 1.82) is 0 Å². The van der Waals surface area contributed by atoms with Gasteiger partial charge >= 0.3 is 0 Å². The molecule has 2 rings (SSSR count). The highest BCUT2D eigenvalue weighted by Crippen LogP contribution is 2.23. The highest BCUT2D eigenvalue weighted by molar-refractivity contribution is 8.15. The van der Waals surface area contributed by atoms with Crippen molar-refractivity contribution in [1.82, 2.24) is 5.32 Å². The van der Waals surface area contributed by atoms with Gasteiger partial charge in [0.25, 0.3) is 0 Å². The molecule has 15 heavy (non-hydrogen) atoms. The summed E-state index contributed by atoms with van der Waals surface area (Å²) in [6.45, 7) is 0. The van der Waals surface area contributed by atoms with Gasteiger partial charge in [0, 0.05) is 0 Å². The van der Waals surface area contributed by atoms with E-state index in [1.54, 1.807) is 0 Å². The van der Waals surface area contributed by atoms with E-state index >= 15 is 0 Å². The van der Waals surface area contributed by atoms with Gasteiger partial charge in [0.1, 0.15) is 5.69 Å². The van der Waals surface area contributed by atoms with E-state index in [0.29, 0.717) is 0 Å². The average molecular weight is 228 g/mol. The van der Waals surface area contributed by atoms with Crippen LogP contribution in [0.2, 0.25) is 0 Å². The van der Waals surface area contributed by atoms with Crippen LogP contribution in [0.15, 0.2) is 23.2 Å². The van der Waals surface area contributed by atoms with E-state index in [9.17, 15) is 13.6 Å². The summed E-state index contributed by atoms with van der Waals surface area (Å²) < 4.78 is 26.3. The third-order valence-electron chi connectivity index (χ3n) is 1.74. The number of thioether (sulfide) groups is 1. The lowest BCUT2D eigenvalue weighted by molar-refractivity contribution is -0.116. The van der Waals surface area contributed by atoms with E-state index in [4.69, 9.17) is 0 Å². The molecular formula is C9H6F2N2OS. The molecule has 1 fully saturated rings. The van der Waals surface area contributed by atoms with Gasteiger partial charge in [0.15, 0.2) is 16.8 Å². The van der Waals surface area contributed by atoms with E-state index < -0.39 is 11.6 Å². The summed E-state index contributed by atoms with van der Waals surface area (Å²) in [7, 11) is 0. The lowest BCUT2D eigenvalue weighted by Crippen LogP contribution is -2.19. The lowest BCUT2D eigenvalue weighted by atomic mass is 10.3. The van der Waals surface area contributed by atoms with E-state index in [0.717, 1.165) is 23.9 Å². The molecule has 1 aromatic rings. The summed E-state index contributed by atoms with van der Waals surface area (Å²) >= 11 is 1.12. The van der Waals surface area contributed by atoms with Crippen molar-refractivity contribution < 1.29 is 13.6 Å². The first-order valence-electron chi connectivity index (χ1n) is 4.12. The number of amides is 1.